The van der Waals surface area contributed by atoms with Crippen LogP contribution in [0.25, 0.3) is 0 Å². The van der Waals surface area contributed by atoms with Gasteiger partial charge in [-0.15, -0.1) is 0 Å². The predicted octanol–water partition coefficient (Wildman–Crippen LogP) is 0.795. The molecule has 96 valence electrons. The van der Waals surface area contributed by atoms with E-state index in [1.54, 1.807) is 0 Å². The molecule has 0 radical (unpaired) electrons. The minimum absolute atomic E-state index is 0.203. The summed E-state index contributed by atoms with van der Waals surface area (Å²) < 4.78 is 0. The van der Waals surface area contributed by atoms with Crippen LogP contribution in [0.5, 0.6) is 0 Å². The van der Waals surface area contributed by atoms with Crippen molar-refractivity contribution in [1.29, 1.82) is 0 Å². The van der Waals surface area contributed by atoms with E-state index < -0.39 is 0 Å². The molecule has 17 heavy (non-hydrogen) atoms. The molecule has 0 aliphatic heterocycles. The number of rotatable bonds is 8. The Bertz CT molecular complexity index is 302. The van der Waals surface area contributed by atoms with Gasteiger partial charge in [-0.3, -0.25) is 0 Å². The molecule has 1 aromatic heterocycles. The summed E-state index contributed by atoms with van der Waals surface area (Å²) in [7, 11) is 0. The van der Waals surface area contributed by atoms with Gasteiger partial charge in [-0.25, -0.2) is 9.97 Å². The van der Waals surface area contributed by atoms with E-state index in [2.05, 4.69) is 34.0 Å². The minimum atomic E-state index is 0.203. The maximum absolute atomic E-state index is 8.82. The first-order valence-electron chi connectivity index (χ1n) is 6.19. The molecule has 0 saturated heterocycles. The normalized spacial score (nSPS) is 10.5. The van der Waals surface area contributed by atoms with Crippen molar-refractivity contribution in [1.82, 2.24) is 15.3 Å². The first kappa shape index (κ1) is 13.9. The zero-order valence-electron chi connectivity index (χ0n) is 10.7. The fraction of sp³-hybridized carbons (Fsp3) is 0.667. The van der Waals surface area contributed by atoms with Gasteiger partial charge < -0.3 is 15.3 Å². The Labute approximate surface area is 103 Å². The summed E-state index contributed by atoms with van der Waals surface area (Å²) in [6.07, 6.45) is 4.45. The fourth-order valence-electron chi connectivity index (χ4n) is 1.53. The third kappa shape index (κ3) is 4.66. The van der Waals surface area contributed by atoms with Crippen molar-refractivity contribution in [2.24, 2.45) is 0 Å². The number of aliphatic hydroxyl groups excluding tert-OH is 1. The molecule has 5 heteroatoms. The summed E-state index contributed by atoms with van der Waals surface area (Å²) in [6, 6.07) is 0. The van der Waals surface area contributed by atoms with Crippen LogP contribution in [0, 0.1) is 0 Å². The molecular weight excluding hydrogens is 216 g/mol. The van der Waals surface area contributed by atoms with Gasteiger partial charge in [0.1, 0.15) is 0 Å². The van der Waals surface area contributed by atoms with Crippen LogP contribution < -0.4 is 10.2 Å². The monoisotopic (exact) mass is 238 g/mol. The average Bonchev–Trinajstić information content (AvgIpc) is 2.38. The SMILES string of the molecule is CCNCc1cnc(N(CC)CCCO)nc1. The highest BCUT2D eigenvalue weighted by molar-refractivity contribution is 5.29. The first-order valence-corrected chi connectivity index (χ1v) is 6.19. The lowest BCUT2D eigenvalue weighted by Gasteiger charge is -2.20. The second-order valence-electron chi connectivity index (χ2n) is 3.83. The molecule has 0 spiro atoms. The van der Waals surface area contributed by atoms with Gasteiger partial charge in [-0.1, -0.05) is 6.92 Å². The zero-order valence-corrected chi connectivity index (χ0v) is 10.7. The van der Waals surface area contributed by atoms with Gasteiger partial charge in [-0.2, -0.15) is 0 Å². The molecule has 1 heterocycles. The van der Waals surface area contributed by atoms with E-state index in [-0.39, 0.29) is 6.61 Å². The molecule has 1 aromatic rings. The Morgan fingerprint density at radius 2 is 2.00 bits per heavy atom. The van der Waals surface area contributed by atoms with E-state index in [1.165, 1.54) is 0 Å². The second kappa shape index (κ2) is 7.97. The Kier molecular flexibility index (Phi) is 6.50. The van der Waals surface area contributed by atoms with Crippen molar-refractivity contribution in [2.75, 3.05) is 31.1 Å². The maximum atomic E-state index is 8.82. The molecule has 0 bridgehead atoms. The molecule has 0 saturated carbocycles. The Hall–Kier alpha value is -1.20. The molecule has 1 rings (SSSR count). The number of nitrogens with zero attached hydrogens (tertiary/aromatic N) is 3. The molecule has 0 aliphatic rings. The van der Waals surface area contributed by atoms with Crippen LogP contribution in [0.1, 0.15) is 25.8 Å². The molecule has 5 nitrogen and oxygen atoms in total. The molecule has 0 fully saturated rings. The van der Waals surface area contributed by atoms with Crippen LogP contribution >= 0.6 is 0 Å². The van der Waals surface area contributed by atoms with E-state index in [1.807, 2.05) is 12.4 Å². The van der Waals surface area contributed by atoms with E-state index in [4.69, 9.17) is 5.11 Å². The Morgan fingerprint density at radius 3 is 2.53 bits per heavy atom. The third-order valence-corrected chi connectivity index (χ3v) is 2.52. The number of aromatic nitrogens is 2. The lowest BCUT2D eigenvalue weighted by molar-refractivity contribution is 0.289. The van der Waals surface area contributed by atoms with Crippen LogP contribution in [-0.4, -0.2) is 41.3 Å². The minimum Gasteiger partial charge on any atom is -0.396 e. The van der Waals surface area contributed by atoms with Crippen LogP contribution in [0.3, 0.4) is 0 Å². The van der Waals surface area contributed by atoms with Crippen LogP contribution in [0.15, 0.2) is 12.4 Å². The van der Waals surface area contributed by atoms with E-state index in [0.717, 1.165) is 44.1 Å². The van der Waals surface area contributed by atoms with Crippen molar-refractivity contribution in [3.05, 3.63) is 18.0 Å². The third-order valence-electron chi connectivity index (χ3n) is 2.52. The molecular formula is C12H22N4O. The number of hydrogen-bond acceptors (Lipinski definition) is 5. The van der Waals surface area contributed by atoms with Crippen molar-refractivity contribution >= 4 is 5.95 Å². The van der Waals surface area contributed by atoms with E-state index in [0.29, 0.717) is 0 Å². The topological polar surface area (TPSA) is 61.3 Å². The van der Waals surface area contributed by atoms with Gasteiger partial charge in [0.2, 0.25) is 5.95 Å². The quantitative estimate of drug-likeness (QED) is 0.701. The van der Waals surface area contributed by atoms with Gasteiger partial charge in [0.05, 0.1) is 0 Å². The highest BCUT2D eigenvalue weighted by Crippen LogP contribution is 2.07. The Balaban J connectivity index is 2.57. The lowest BCUT2D eigenvalue weighted by atomic mass is 10.3. The summed E-state index contributed by atoms with van der Waals surface area (Å²) in [6.45, 7) is 7.73. The van der Waals surface area contributed by atoms with Crippen molar-refractivity contribution in [3.63, 3.8) is 0 Å². The van der Waals surface area contributed by atoms with Crippen LogP contribution in [0.4, 0.5) is 5.95 Å². The van der Waals surface area contributed by atoms with E-state index in [9.17, 15) is 0 Å². The van der Waals surface area contributed by atoms with Crippen LogP contribution in [0.2, 0.25) is 0 Å². The summed E-state index contributed by atoms with van der Waals surface area (Å²) in [5.41, 5.74) is 1.09. The summed E-state index contributed by atoms with van der Waals surface area (Å²) >= 11 is 0. The number of aliphatic hydroxyl groups is 1. The van der Waals surface area contributed by atoms with Gasteiger partial charge in [0.25, 0.3) is 0 Å². The largest absolute Gasteiger partial charge is 0.396 e. The first-order chi connectivity index (χ1) is 8.31. The van der Waals surface area contributed by atoms with Crippen molar-refractivity contribution in [2.45, 2.75) is 26.8 Å². The van der Waals surface area contributed by atoms with Gasteiger partial charge in [-0.05, 0) is 19.9 Å². The Morgan fingerprint density at radius 1 is 1.29 bits per heavy atom. The molecule has 0 unspecified atom stereocenters. The summed E-state index contributed by atoms with van der Waals surface area (Å²) in [5, 5.41) is 12.1. The molecule has 0 atom stereocenters. The maximum Gasteiger partial charge on any atom is 0.225 e. The van der Waals surface area contributed by atoms with E-state index >= 15 is 0 Å². The van der Waals surface area contributed by atoms with Gasteiger partial charge in [0, 0.05) is 44.2 Å². The lowest BCUT2D eigenvalue weighted by Crippen LogP contribution is -2.26. The predicted molar refractivity (Wildman–Crippen MR) is 69.0 cm³/mol. The second-order valence-corrected chi connectivity index (χ2v) is 3.83. The highest BCUT2D eigenvalue weighted by Gasteiger charge is 2.06. The molecule has 0 amide bonds. The van der Waals surface area contributed by atoms with Gasteiger partial charge in [0.15, 0.2) is 0 Å². The molecule has 0 aromatic carbocycles. The molecule has 0 aliphatic carbocycles. The number of hydrogen-bond donors (Lipinski definition) is 2. The standard InChI is InChI=1S/C12H22N4O/c1-3-13-8-11-9-14-12(15-10-11)16(4-2)6-5-7-17/h9-10,13,17H,3-8H2,1-2H3. The smallest absolute Gasteiger partial charge is 0.225 e. The van der Waals surface area contributed by atoms with Gasteiger partial charge >= 0.3 is 0 Å². The average molecular weight is 238 g/mol. The highest BCUT2D eigenvalue weighted by atomic mass is 16.3. The molecule has 2 N–H and O–H groups in total. The summed E-state index contributed by atoms with van der Waals surface area (Å²) in [4.78, 5) is 10.8. The zero-order chi connectivity index (χ0) is 12.5. The van der Waals surface area contributed by atoms with Crippen molar-refractivity contribution in [3.8, 4) is 0 Å². The van der Waals surface area contributed by atoms with Crippen LogP contribution in [-0.2, 0) is 6.54 Å². The number of nitrogens with one attached hydrogen (secondary N) is 1. The summed E-state index contributed by atoms with van der Waals surface area (Å²) in [5.74, 6) is 0.737. The fourth-order valence-corrected chi connectivity index (χ4v) is 1.53. The number of anilines is 1. The van der Waals surface area contributed by atoms with Crippen molar-refractivity contribution < 1.29 is 5.11 Å².